The number of carbonyl (C=O) groups is 3. The Morgan fingerprint density at radius 3 is 2.59 bits per heavy atom. The summed E-state index contributed by atoms with van der Waals surface area (Å²) in [4.78, 5) is 42.7. The van der Waals surface area contributed by atoms with Crippen LogP contribution in [0.5, 0.6) is 0 Å². The maximum Gasteiger partial charge on any atom is 0.272 e. The lowest BCUT2D eigenvalue weighted by Crippen LogP contribution is -2.63. The van der Waals surface area contributed by atoms with Crippen molar-refractivity contribution in [3.8, 4) is 0 Å². The highest BCUT2D eigenvalue weighted by atomic mass is 16.2. The quantitative estimate of drug-likeness (QED) is 0.619. The van der Waals surface area contributed by atoms with E-state index < -0.39 is 5.54 Å². The highest BCUT2D eigenvalue weighted by Crippen LogP contribution is 2.27. The minimum absolute atomic E-state index is 0.158. The van der Waals surface area contributed by atoms with Crippen LogP contribution in [0.1, 0.15) is 79.3 Å². The Balaban J connectivity index is 1.38. The number of aromatic nitrogens is 2. The average molecular weight is 445 g/mol. The van der Waals surface area contributed by atoms with Gasteiger partial charge in [0.25, 0.3) is 11.8 Å². The van der Waals surface area contributed by atoms with Crippen molar-refractivity contribution in [2.24, 2.45) is 0 Å². The molecule has 9 nitrogen and oxygen atoms in total. The summed E-state index contributed by atoms with van der Waals surface area (Å²) in [5.41, 5.74) is -0.477. The lowest BCUT2D eigenvalue weighted by molar-refractivity contribution is -0.133. The second-order valence-electron chi connectivity index (χ2n) is 9.68. The summed E-state index contributed by atoms with van der Waals surface area (Å²) in [5, 5.41) is 10.4. The van der Waals surface area contributed by atoms with E-state index >= 15 is 0 Å². The van der Waals surface area contributed by atoms with Crippen LogP contribution in [-0.4, -0.2) is 82.1 Å². The van der Waals surface area contributed by atoms with Crippen LogP contribution in [0.2, 0.25) is 0 Å². The molecule has 4 rings (SSSR count). The molecule has 32 heavy (non-hydrogen) atoms. The molecule has 1 aromatic rings. The third kappa shape index (κ3) is 4.67. The summed E-state index contributed by atoms with van der Waals surface area (Å²) in [5.74, 6) is -0.732. The third-order valence-electron chi connectivity index (χ3n) is 7.30. The summed E-state index contributed by atoms with van der Waals surface area (Å²) in [6, 6.07) is 1.70. The molecule has 9 heteroatoms. The molecule has 0 unspecified atom stereocenters. The zero-order valence-corrected chi connectivity index (χ0v) is 19.4. The van der Waals surface area contributed by atoms with Gasteiger partial charge in [-0.15, -0.1) is 0 Å². The molecule has 2 N–H and O–H groups in total. The molecule has 0 spiro atoms. The number of hydrogen-bond acceptors (Lipinski definition) is 5. The predicted octanol–water partition coefficient (Wildman–Crippen LogP) is 1.39. The molecule has 3 heterocycles. The van der Waals surface area contributed by atoms with E-state index in [0.717, 1.165) is 51.7 Å². The summed E-state index contributed by atoms with van der Waals surface area (Å²) in [6.45, 7) is 5.84. The lowest BCUT2D eigenvalue weighted by atomic mass is 9.92. The van der Waals surface area contributed by atoms with Crippen LogP contribution in [0.3, 0.4) is 0 Å². The van der Waals surface area contributed by atoms with Crippen LogP contribution in [0.25, 0.3) is 0 Å². The number of carbonyl (C=O) groups excluding carboxylic acids is 3. The van der Waals surface area contributed by atoms with Crippen molar-refractivity contribution in [1.82, 2.24) is 30.2 Å². The highest BCUT2D eigenvalue weighted by Gasteiger charge is 2.46. The zero-order chi connectivity index (χ0) is 22.7. The van der Waals surface area contributed by atoms with E-state index in [1.54, 1.807) is 14.0 Å². The fourth-order valence-corrected chi connectivity index (χ4v) is 5.03. The molecule has 2 aliphatic heterocycles. The number of likely N-dealkylation sites (tertiary alicyclic amines) is 1. The first-order chi connectivity index (χ1) is 15.4. The summed E-state index contributed by atoms with van der Waals surface area (Å²) in [6.07, 6.45) is 8.82. The number of likely N-dealkylation sites (N-methyl/N-ethyl adjacent to an activating group) is 1. The van der Waals surface area contributed by atoms with Gasteiger partial charge in [-0.25, -0.2) is 0 Å². The first-order valence-corrected chi connectivity index (χ1v) is 12.1. The van der Waals surface area contributed by atoms with E-state index in [0.29, 0.717) is 12.2 Å². The second-order valence-corrected chi connectivity index (χ2v) is 9.68. The first-order valence-electron chi connectivity index (χ1n) is 12.1. The Morgan fingerprint density at radius 1 is 1.16 bits per heavy atom. The minimum Gasteiger partial charge on any atom is -0.351 e. The van der Waals surface area contributed by atoms with Crippen molar-refractivity contribution in [2.45, 2.75) is 76.4 Å². The second kappa shape index (κ2) is 9.60. The van der Waals surface area contributed by atoms with E-state index in [2.05, 4.69) is 20.6 Å². The molecule has 0 radical (unpaired) electrons. The van der Waals surface area contributed by atoms with Gasteiger partial charge in [0.1, 0.15) is 11.2 Å². The van der Waals surface area contributed by atoms with Gasteiger partial charge in [0.2, 0.25) is 5.91 Å². The maximum absolute atomic E-state index is 13.1. The number of amides is 3. The van der Waals surface area contributed by atoms with Crippen LogP contribution in [-0.2, 0) is 11.3 Å². The predicted molar refractivity (Wildman–Crippen MR) is 120 cm³/mol. The Bertz CT molecular complexity index is 856. The molecular weight excluding hydrogens is 408 g/mol. The molecule has 3 amide bonds. The van der Waals surface area contributed by atoms with Crippen molar-refractivity contribution < 1.29 is 14.4 Å². The normalized spacial score (nSPS) is 24.4. The van der Waals surface area contributed by atoms with Crippen LogP contribution >= 0.6 is 0 Å². The van der Waals surface area contributed by atoms with E-state index in [9.17, 15) is 14.4 Å². The van der Waals surface area contributed by atoms with Crippen molar-refractivity contribution >= 4 is 17.7 Å². The van der Waals surface area contributed by atoms with Crippen molar-refractivity contribution in [2.75, 3.05) is 33.2 Å². The minimum atomic E-state index is -1.04. The van der Waals surface area contributed by atoms with Gasteiger partial charge in [-0.1, -0.05) is 19.3 Å². The van der Waals surface area contributed by atoms with Gasteiger partial charge in [-0.2, -0.15) is 5.10 Å². The largest absolute Gasteiger partial charge is 0.351 e. The molecule has 1 aromatic heterocycles. The van der Waals surface area contributed by atoms with Gasteiger partial charge in [-0.05, 0) is 58.7 Å². The summed E-state index contributed by atoms with van der Waals surface area (Å²) < 4.78 is 1.52. The molecule has 0 aromatic carbocycles. The average Bonchev–Trinajstić information content (AvgIpc) is 3.46. The Morgan fingerprint density at radius 2 is 1.88 bits per heavy atom. The number of fused-ring (bicyclic) bond motifs is 1. The SMILES string of the molecule is CN1C(=O)c2cc(C(=O)NCCCN3CCCC3)nn2C[C@]1(C)C(=O)NC1CCCCC1. The van der Waals surface area contributed by atoms with Gasteiger partial charge in [0, 0.05) is 25.7 Å². The number of hydrogen-bond donors (Lipinski definition) is 2. The molecular formula is C23H36N6O3. The van der Waals surface area contributed by atoms with Crippen molar-refractivity contribution in [1.29, 1.82) is 0 Å². The standard InChI is InChI=1S/C23H36N6O3/c1-23(22(32)25-17-9-4-3-5-10-17)16-29-19(21(31)27(23)2)15-18(26-29)20(30)24-11-8-14-28-12-6-7-13-28/h15,17H,3-14,16H2,1-2H3,(H,24,30)(H,25,32)/t23-/m1/s1. The molecule has 0 bridgehead atoms. The lowest BCUT2D eigenvalue weighted by Gasteiger charge is -2.41. The summed E-state index contributed by atoms with van der Waals surface area (Å²) >= 11 is 0. The van der Waals surface area contributed by atoms with E-state index in [1.165, 1.54) is 34.9 Å². The Kier molecular flexibility index (Phi) is 6.83. The third-order valence-corrected chi connectivity index (χ3v) is 7.30. The van der Waals surface area contributed by atoms with Gasteiger partial charge >= 0.3 is 0 Å². The molecule has 1 aliphatic carbocycles. The molecule has 1 saturated carbocycles. The molecule has 176 valence electrons. The van der Waals surface area contributed by atoms with Crippen molar-refractivity contribution in [3.05, 3.63) is 17.5 Å². The van der Waals surface area contributed by atoms with E-state index in [-0.39, 0.29) is 36.0 Å². The molecule has 1 atom stereocenters. The van der Waals surface area contributed by atoms with Gasteiger partial charge in [0.05, 0.1) is 6.54 Å². The smallest absolute Gasteiger partial charge is 0.272 e. The number of rotatable bonds is 7. The highest BCUT2D eigenvalue weighted by molar-refractivity contribution is 6.01. The van der Waals surface area contributed by atoms with Crippen LogP contribution < -0.4 is 10.6 Å². The van der Waals surface area contributed by atoms with Gasteiger partial charge in [-0.3, -0.25) is 19.1 Å². The monoisotopic (exact) mass is 444 g/mol. The van der Waals surface area contributed by atoms with E-state index in [1.807, 2.05) is 0 Å². The Labute approximate surface area is 189 Å². The number of nitrogens with one attached hydrogen (secondary N) is 2. The number of nitrogens with zero attached hydrogens (tertiary/aromatic N) is 4. The van der Waals surface area contributed by atoms with E-state index in [4.69, 9.17) is 0 Å². The zero-order valence-electron chi connectivity index (χ0n) is 19.4. The molecule has 3 aliphatic rings. The molecule has 2 fully saturated rings. The topological polar surface area (TPSA) is 99.6 Å². The summed E-state index contributed by atoms with van der Waals surface area (Å²) in [7, 11) is 1.65. The van der Waals surface area contributed by atoms with Gasteiger partial charge in [0.15, 0.2) is 5.69 Å². The van der Waals surface area contributed by atoms with Gasteiger partial charge < -0.3 is 20.4 Å². The Hall–Kier alpha value is -2.42. The molecule has 1 saturated heterocycles. The van der Waals surface area contributed by atoms with Crippen molar-refractivity contribution in [3.63, 3.8) is 0 Å². The first kappa shape index (κ1) is 22.8. The van der Waals surface area contributed by atoms with Crippen LogP contribution in [0, 0.1) is 0 Å². The fourth-order valence-electron chi connectivity index (χ4n) is 5.03. The fraction of sp³-hybridized carbons (Fsp3) is 0.739. The maximum atomic E-state index is 13.1. The van der Waals surface area contributed by atoms with Crippen LogP contribution in [0.15, 0.2) is 6.07 Å². The van der Waals surface area contributed by atoms with Crippen LogP contribution in [0.4, 0.5) is 0 Å².